The number of ether oxygens (including phenoxy) is 1. The van der Waals surface area contributed by atoms with Crippen LogP contribution in [0, 0.1) is 11.8 Å². The molecule has 1 aliphatic heterocycles. The van der Waals surface area contributed by atoms with Crippen LogP contribution in [0.25, 0.3) is 0 Å². The fourth-order valence-corrected chi connectivity index (χ4v) is 3.05. The van der Waals surface area contributed by atoms with E-state index in [9.17, 15) is 0 Å². The van der Waals surface area contributed by atoms with Crippen molar-refractivity contribution in [1.29, 1.82) is 0 Å². The summed E-state index contributed by atoms with van der Waals surface area (Å²) >= 11 is 0. The van der Waals surface area contributed by atoms with E-state index < -0.39 is 0 Å². The zero-order chi connectivity index (χ0) is 11.6. The van der Waals surface area contributed by atoms with Gasteiger partial charge in [-0.25, -0.2) is 0 Å². The van der Waals surface area contributed by atoms with Gasteiger partial charge in [0.25, 0.3) is 0 Å². The number of hydrogen-bond donors (Lipinski definition) is 1. The molecule has 2 heteroatoms. The molecule has 1 saturated carbocycles. The lowest BCUT2D eigenvalue weighted by atomic mass is 9.76. The van der Waals surface area contributed by atoms with Crippen molar-refractivity contribution in [3.63, 3.8) is 0 Å². The Bertz CT molecular complexity index is 221. The van der Waals surface area contributed by atoms with Crippen molar-refractivity contribution in [2.75, 3.05) is 13.2 Å². The van der Waals surface area contributed by atoms with Gasteiger partial charge in [-0.3, -0.25) is 0 Å². The summed E-state index contributed by atoms with van der Waals surface area (Å²) in [4.78, 5) is 0. The first-order chi connectivity index (χ1) is 7.65. The predicted octanol–water partition coefficient (Wildman–Crippen LogP) is 2.97. The first-order valence-corrected chi connectivity index (χ1v) is 7.00. The second-order valence-electron chi connectivity index (χ2n) is 6.11. The molecule has 1 heterocycles. The second kappa shape index (κ2) is 5.05. The molecule has 0 radical (unpaired) electrons. The van der Waals surface area contributed by atoms with Crippen LogP contribution in [0.1, 0.15) is 52.9 Å². The van der Waals surface area contributed by atoms with E-state index in [4.69, 9.17) is 4.74 Å². The van der Waals surface area contributed by atoms with E-state index in [1.807, 2.05) is 0 Å². The molecule has 0 aromatic carbocycles. The summed E-state index contributed by atoms with van der Waals surface area (Å²) in [5.41, 5.74) is 0.318. The summed E-state index contributed by atoms with van der Waals surface area (Å²) in [6.45, 7) is 8.84. The molecule has 1 aliphatic carbocycles. The molecule has 1 spiro atoms. The third kappa shape index (κ3) is 2.60. The minimum atomic E-state index is 0.318. The maximum atomic E-state index is 5.87. The zero-order valence-corrected chi connectivity index (χ0v) is 11.1. The fourth-order valence-electron chi connectivity index (χ4n) is 3.05. The van der Waals surface area contributed by atoms with Crippen molar-refractivity contribution in [1.82, 2.24) is 5.32 Å². The van der Waals surface area contributed by atoms with Crippen molar-refractivity contribution in [3.05, 3.63) is 0 Å². The van der Waals surface area contributed by atoms with E-state index in [0.29, 0.717) is 11.6 Å². The molecule has 1 saturated heterocycles. The van der Waals surface area contributed by atoms with Gasteiger partial charge in [0.1, 0.15) is 0 Å². The maximum Gasteiger partial charge on any atom is 0.0649 e. The van der Waals surface area contributed by atoms with Gasteiger partial charge in [0.05, 0.1) is 13.2 Å². The SMILES string of the molecule is CCC(C)[C@H]1COCC2(CCC(C)CC2)N1. The van der Waals surface area contributed by atoms with Crippen LogP contribution in [-0.2, 0) is 4.74 Å². The molecule has 2 atom stereocenters. The monoisotopic (exact) mass is 225 g/mol. The van der Waals surface area contributed by atoms with Crippen LogP contribution in [0.4, 0.5) is 0 Å². The highest BCUT2D eigenvalue weighted by molar-refractivity contribution is 4.97. The van der Waals surface area contributed by atoms with Gasteiger partial charge in [0.15, 0.2) is 0 Å². The second-order valence-corrected chi connectivity index (χ2v) is 6.11. The Kier molecular flexibility index (Phi) is 3.91. The molecular weight excluding hydrogens is 198 g/mol. The number of hydrogen-bond acceptors (Lipinski definition) is 2. The Hall–Kier alpha value is -0.0800. The molecule has 1 N–H and O–H groups in total. The highest BCUT2D eigenvalue weighted by Gasteiger charge is 2.39. The Labute approximate surface area is 100 Å². The number of nitrogens with one attached hydrogen (secondary N) is 1. The molecule has 2 rings (SSSR count). The average Bonchev–Trinajstić information content (AvgIpc) is 2.33. The topological polar surface area (TPSA) is 21.3 Å². The Morgan fingerprint density at radius 1 is 1.38 bits per heavy atom. The summed E-state index contributed by atoms with van der Waals surface area (Å²) in [5, 5.41) is 3.92. The van der Waals surface area contributed by atoms with Crippen molar-refractivity contribution in [2.24, 2.45) is 11.8 Å². The molecule has 0 bridgehead atoms. The third-order valence-electron chi connectivity index (χ3n) is 4.73. The normalized spacial score (nSPS) is 42.2. The van der Waals surface area contributed by atoms with Crippen LogP contribution >= 0.6 is 0 Å². The fraction of sp³-hybridized carbons (Fsp3) is 1.00. The van der Waals surface area contributed by atoms with Crippen LogP contribution in [0.5, 0.6) is 0 Å². The van der Waals surface area contributed by atoms with Crippen LogP contribution in [-0.4, -0.2) is 24.8 Å². The van der Waals surface area contributed by atoms with Gasteiger partial charge in [-0.1, -0.05) is 27.2 Å². The minimum Gasteiger partial charge on any atom is -0.378 e. The Morgan fingerprint density at radius 2 is 2.06 bits per heavy atom. The minimum absolute atomic E-state index is 0.318. The molecule has 2 aliphatic rings. The van der Waals surface area contributed by atoms with Crippen molar-refractivity contribution < 1.29 is 4.74 Å². The molecule has 2 fully saturated rings. The smallest absolute Gasteiger partial charge is 0.0649 e. The quantitative estimate of drug-likeness (QED) is 0.780. The van der Waals surface area contributed by atoms with Gasteiger partial charge < -0.3 is 10.1 Å². The average molecular weight is 225 g/mol. The summed E-state index contributed by atoms with van der Waals surface area (Å²) in [7, 11) is 0. The molecule has 16 heavy (non-hydrogen) atoms. The van der Waals surface area contributed by atoms with Gasteiger partial charge in [-0.15, -0.1) is 0 Å². The van der Waals surface area contributed by atoms with E-state index >= 15 is 0 Å². The molecule has 1 unspecified atom stereocenters. The van der Waals surface area contributed by atoms with Crippen LogP contribution in [0.3, 0.4) is 0 Å². The predicted molar refractivity (Wildman–Crippen MR) is 67.6 cm³/mol. The van der Waals surface area contributed by atoms with Crippen molar-refractivity contribution >= 4 is 0 Å². The van der Waals surface area contributed by atoms with Gasteiger partial charge in [0, 0.05) is 11.6 Å². The third-order valence-corrected chi connectivity index (χ3v) is 4.73. The lowest BCUT2D eigenvalue weighted by molar-refractivity contribution is -0.0346. The highest BCUT2D eigenvalue weighted by Crippen LogP contribution is 2.34. The van der Waals surface area contributed by atoms with E-state index in [-0.39, 0.29) is 0 Å². The number of morpholine rings is 1. The standard InChI is InChI=1S/C14H27NO/c1-4-12(3)13-9-16-10-14(15-13)7-5-11(2)6-8-14/h11-13,15H,4-10H2,1-3H3/t11?,12?,13-,14?/m1/s1. The van der Waals surface area contributed by atoms with Crippen LogP contribution in [0.2, 0.25) is 0 Å². The van der Waals surface area contributed by atoms with Crippen LogP contribution in [0.15, 0.2) is 0 Å². The van der Waals surface area contributed by atoms with E-state index in [2.05, 4.69) is 26.1 Å². The Morgan fingerprint density at radius 3 is 2.69 bits per heavy atom. The summed E-state index contributed by atoms with van der Waals surface area (Å²) in [6, 6.07) is 0.576. The van der Waals surface area contributed by atoms with Crippen molar-refractivity contribution in [3.8, 4) is 0 Å². The first kappa shape index (κ1) is 12.4. The molecule has 94 valence electrons. The van der Waals surface area contributed by atoms with E-state index in [0.717, 1.165) is 25.0 Å². The molecule has 2 nitrogen and oxygen atoms in total. The summed E-state index contributed by atoms with van der Waals surface area (Å²) < 4.78 is 5.87. The van der Waals surface area contributed by atoms with E-state index in [1.165, 1.54) is 32.1 Å². The van der Waals surface area contributed by atoms with Crippen LogP contribution < -0.4 is 5.32 Å². The van der Waals surface area contributed by atoms with Gasteiger partial charge >= 0.3 is 0 Å². The van der Waals surface area contributed by atoms with Gasteiger partial charge in [-0.2, -0.15) is 0 Å². The molecule has 0 aromatic rings. The number of rotatable bonds is 2. The summed E-state index contributed by atoms with van der Waals surface area (Å²) in [5.74, 6) is 1.65. The molecule has 0 aromatic heterocycles. The largest absolute Gasteiger partial charge is 0.378 e. The van der Waals surface area contributed by atoms with Gasteiger partial charge in [-0.05, 0) is 37.5 Å². The van der Waals surface area contributed by atoms with Gasteiger partial charge in [0.2, 0.25) is 0 Å². The van der Waals surface area contributed by atoms with E-state index in [1.54, 1.807) is 0 Å². The first-order valence-electron chi connectivity index (χ1n) is 7.00. The molecular formula is C14H27NO. The zero-order valence-electron chi connectivity index (χ0n) is 11.1. The lowest BCUT2D eigenvalue weighted by Gasteiger charge is -2.47. The highest BCUT2D eigenvalue weighted by atomic mass is 16.5. The van der Waals surface area contributed by atoms with Crippen molar-refractivity contribution in [2.45, 2.75) is 64.5 Å². The lowest BCUT2D eigenvalue weighted by Crippen LogP contribution is -2.61. The Balaban J connectivity index is 1.95. The summed E-state index contributed by atoms with van der Waals surface area (Å²) in [6.07, 6.45) is 6.59. The maximum absolute atomic E-state index is 5.87. The molecule has 0 amide bonds.